The molecule has 0 atom stereocenters. The molecule has 2 amide bonds. The largest absolute Gasteiger partial charge is 0.493 e. The van der Waals surface area contributed by atoms with Crippen molar-refractivity contribution in [1.82, 2.24) is 9.78 Å². The number of carbonyl (C=O) groups is 2. The number of hydrogen-bond donors (Lipinski definition) is 2. The lowest BCUT2D eigenvalue weighted by molar-refractivity contribution is -0.118. The number of nitrogens with two attached hydrogens (primary N) is 1. The zero-order valence-corrected chi connectivity index (χ0v) is 16.7. The van der Waals surface area contributed by atoms with Crippen LogP contribution in [0.25, 0.3) is 11.8 Å². The van der Waals surface area contributed by atoms with Crippen LogP contribution in [0.1, 0.15) is 23.0 Å². The molecule has 0 spiro atoms. The second-order valence-electron chi connectivity index (χ2n) is 6.31. The number of benzene rings is 2. The van der Waals surface area contributed by atoms with Crippen LogP contribution in [-0.2, 0) is 4.79 Å². The average molecular weight is 406 g/mol. The topological polar surface area (TPSA) is 108 Å². The third kappa shape index (κ3) is 5.05. The smallest absolute Gasteiger partial charge is 0.269 e. The van der Waals surface area contributed by atoms with Gasteiger partial charge < -0.3 is 20.5 Å². The maximum absolute atomic E-state index is 12.3. The van der Waals surface area contributed by atoms with Crippen LogP contribution in [0.2, 0.25) is 0 Å². The molecule has 3 N–H and O–H groups in total. The van der Waals surface area contributed by atoms with Gasteiger partial charge in [0.1, 0.15) is 5.69 Å². The molecule has 2 aromatic carbocycles. The summed E-state index contributed by atoms with van der Waals surface area (Å²) in [4.78, 5) is 23.5. The average Bonchev–Trinajstić information content (AvgIpc) is 3.24. The highest BCUT2D eigenvalue weighted by atomic mass is 16.5. The monoisotopic (exact) mass is 406 g/mol. The first-order valence-electron chi connectivity index (χ1n) is 9.19. The predicted octanol–water partition coefficient (Wildman–Crippen LogP) is 3.03. The molecule has 30 heavy (non-hydrogen) atoms. The van der Waals surface area contributed by atoms with E-state index in [0.29, 0.717) is 22.9 Å². The summed E-state index contributed by atoms with van der Waals surface area (Å²) in [6, 6.07) is 14.0. The Morgan fingerprint density at radius 1 is 1.17 bits per heavy atom. The van der Waals surface area contributed by atoms with Gasteiger partial charge in [0.2, 0.25) is 0 Å². The summed E-state index contributed by atoms with van der Waals surface area (Å²) in [6.07, 6.45) is 5.49. The number of nitrogens with one attached hydrogen (secondary N) is 1. The van der Waals surface area contributed by atoms with Crippen LogP contribution in [0.5, 0.6) is 11.5 Å². The lowest BCUT2D eigenvalue weighted by Crippen LogP contribution is -2.20. The SMILES string of the molecule is C/C=C/c1ccc(OCC(=O)Nc2cccc(-n3ccc(C(N)=O)n3)c2)c(OC)c1. The molecule has 0 aliphatic rings. The molecule has 8 heteroatoms. The molecule has 0 saturated heterocycles. The summed E-state index contributed by atoms with van der Waals surface area (Å²) in [5, 5.41) is 6.87. The number of amides is 2. The van der Waals surface area contributed by atoms with Gasteiger partial charge >= 0.3 is 0 Å². The third-order valence-corrected chi connectivity index (χ3v) is 4.14. The minimum atomic E-state index is -0.607. The van der Waals surface area contributed by atoms with E-state index in [1.807, 2.05) is 31.2 Å². The molecule has 154 valence electrons. The molecule has 1 aromatic heterocycles. The van der Waals surface area contributed by atoms with Crippen molar-refractivity contribution in [3.63, 3.8) is 0 Å². The van der Waals surface area contributed by atoms with Gasteiger partial charge in [-0.3, -0.25) is 9.59 Å². The Morgan fingerprint density at radius 3 is 2.70 bits per heavy atom. The van der Waals surface area contributed by atoms with Crippen LogP contribution in [0.3, 0.4) is 0 Å². The molecule has 0 radical (unpaired) electrons. The zero-order valence-electron chi connectivity index (χ0n) is 16.7. The van der Waals surface area contributed by atoms with Crippen LogP contribution in [0.15, 0.2) is 60.8 Å². The Hall–Kier alpha value is -4.07. The summed E-state index contributed by atoms with van der Waals surface area (Å²) >= 11 is 0. The number of primary amides is 1. The summed E-state index contributed by atoms with van der Waals surface area (Å²) < 4.78 is 12.4. The fourth-order valence-corrected chi connectivity index (χ4v) is 2.77. The molecule has 0 bridgehead atoms. The number of anilines is 1. The van der Waals surface area contributed by atoms with E-state index in [9.17, 15) is 9.59 Å². The fraction of sp³-hybridized carbons (Fsp3) is 0.136. The van der Waals surface area contributed by atoms with Crippen molar-refractivity contribution in [2.24, 2.45) is 5.73 Å². The van der Waals surface area contributed by atoms with Gasteiger partial charge in [0.05, 0.1) is 12.8 Å². The fourth-order valence-electron chi connectivity index (χ4n) is 2.77. The second-order valence-corrected chi connectivity index (χ2v) is 6.31. The van der Waals surface area contributed by atoms with Gasteiger partial charge in [-0.25, -0.2) is 4.68 Å². The highest BCUT2D eigenvalue weighted by Gasteiger charge is 2.10. The normalized spacial score (nSPS) is 10.7. The number of carbonyl (C=O) groups excluding carboxylic acids is 2. The van der Waals surface area contributed by atoms with Crippen molar-refractivity contribution in [3.05, 3.63) is 72.1 Å². The number of methoxy groups -OCH3 is 1. The van der Waals surface area contributed by atoms with Gasteiger partial charge in [-0.1, -0.05) is 24.3 Å². The highest BCUT2D eigenvalue weighted by Crippen LogP contribution is 2.28. The number of rotatable bonds is 8. The molecule has 3 rings (SSSR count). The number of allylic oxidation sites excluding steroid dienone is 1. The molecule has 3 aromatic rings. The highest BCUT2D eigenvalue weighted by molar-refractivity contribution is 5.92. The van der Waals surface area contributed by atoms with Crippen molar-refractivity contribution in [2.75, 3.05) is 19.0 Å². The molecular weight excluding hydrogens is 384 g/mol. The predicted molar refractivity (Wildman–Crippen MR) is 114 cm³/mol. The standard InChI is InChI=1S/C22H22N4O4/c1-3-5-15-8-9-19(20(12-15)29-2)30-14-21(27)24-16-6-4-7-17(13-16)26-11-10-18(25-26)22(23)28/h3-13H,14H2,1-2H3,(H2,23,28)(H,24,27)/b5-3+. The Kier molecular flexibility index (Phi) is 6.49. The number of aromatic nitrogens is 2. The first-order chi connectivity index (χ1) is 14.5. The van der Waals surface area contributed by atoms with Crippen molar-refractivity contribution in [2.45, 2.75) is 6.92 Å². The Morgan fingerprint density at radius 2 is 2.00 bits per heavy atom. The van der Waals surface area contributed by atoms with Gasteiger partial charge in [0.15, 0.2) is 18.1 Å². The third-order valence-electron chi connectivity index (χ3n) is 4.14. The maximum atomic E-state index is 12.3. The van der Waals surface area contributed by atoms with Crippen LogP contribution in [0.4, 0.5) is 5.69 Å². The Labute approximate surface area is 173 Å². The van der Waals surface area contributed by atoms with Crippen molar-refractivity contribution in [1.29, 1.82) is 0 Å². The molecule has 0 aliphatic carbocycles. The molecule has 0 unspecified atom stereocenters. The van der Waals surface area contributed by atoms with Gasteiger partial charge in [-0.2, -0.15) is 5.10 Å². The molecule has 8 nitrogen and oxygen atoms in total. The Bertz CT molecular complexity index is 1090. The van der Waals surface area contributed by atoms with Gasteiger partial charge in [0, 0.05) is 11.9 Å². The summed E-state index contributed by atoms with van der Waals surface area (Å²) in [5.74, 6) is 0.0871. The van der Waals surface area contributed by atoms with Gasteiger partial charge in [-0.15, -0.1) is 0 Å². The van der Waals surface area contributed by atoms with Crippen LogP contribution < -0.4 is 20.5 Å². The number of hydrogen-bond acceptors (Lipinski definition) is 5. The van der Waals surface area contributed by atoms with Crippen molar-refractivity contribution < 1.29 is 19.1 Å². The van der Waals surface area contributed by atoms with Gasteiger partial charge in [-0.05, 0) is 48.9 Å². The molecule has 0 fully saturated rings. The summed E-state index contributed by atoms with van der Waals surface area (Å²) in [6.45, 7) is 1.75. The number of nitrogens with zero attached hydrogens (tertiary/aromatic N) is 2. The number of ether oxygens (including phenoxy) is 2. The van der Waals surface area contributed by atoms with Crippen LogP contribution >= 0.6 is 0 Å². The summed E-state index contributed by atoms with van der Waals surface area (Å²) in [7, 11) is 1.55. The molecule has 0 aliphatic heterocycles. The van der Waals surface area contributed by atoms with Crippen LogP contribution in [0, 0.1) is 0 Å². The minimum absolute atomic E-state index is 0.159. The first kappa shape index (κ1) is 20.7. The van der Waals surface area contributed by atoms with Crippen LogP contribution in [-0.4, -0.2) is 35.3 Å². The van der Waals surface area contributed by atoms with E-state index in [1.165, 1.54) is 10.7 Å². The van der Waals surface area contributed by atoms with Gasteiger partial charge in [0.25, 0.3) is 11.8 Å². The van der Waals surface area contributed by atoms with E-state index >= 15 is 0 Å². The Balaban J connectivity index is 1.64. The maximum Gasteiger partial charge on any atom is 0.269 e. The van der Waals surface area contributed by atoms with Crippen molar-refractivity contribution >= 4 is 23.6 Å². The van der Waals surface area contributed by atoms with E-state index in [1.54, 1.807) is 43.6 Å². The molecular formula is C22H22N4O4. The van der Waals surface area contributed by atoms with E-state index in [2.05, 4.69) is 10.4 Å². The lowest BCUT2D eigenvalue weighted by atomic mass is 10.2. The van der Waals surface area contributed by atoms with Crippen molar-refractivity contribution in [3.8, 4) is 17.2 Å². The van der Waals surface area contributed by atoms with E-state index < -0.39 is 5.91 Å². The van der Waals surface area contributed by atoms with E-state index in [4.69, 9.17) is 15.2 Å². The lowest BCUT2D eigenvalue weighted by Gasteiger charge is -2.12. The molecule has 1 heterocycles. The first-order valence-corrected chi connectivity index (χ1v) is 9.19. The molecule has 0 saturated carbocycles. The van der Waals surface area contributed by atoms with E-state index in [0.717, 1.165) is 5.56 Å². The second kappa shape index (κ2) is 9.42. The van der Waals surface area contributed by atoms with E-state index in [-0.39, 0.29) is 18.2 Å². The zero-order chi connectivity index (χ0) is 21.5. The quantitative estimate of drug-likeness (QED) is 0.598. The summed E-state index contributed by atoms with van der Waals surface area (Å²) in [5.41, 5.74) is 7.59. The minimum Gasteiger partial charge on any atom is -0.493 e.